The Morgan fingerprint density at radius 1 is 1.31 bits per heavy atom. The Morgan fingerprint density at radius 3 is 2.77 bits per heavy atom. The number of nitrogens with one attached hydrogen (secondary N) is 1. The van der Waals surface area contributed by atoms with Gasteiger partial charge < -0.3 is 9.84 Å². The van der Waals surface area contributed by atoms with Crippen LogP contribution in [0, 0.1) is 0 Å². The van der Waals surface area contributed by atoms with Gasteiger partial charge >= 0.3 is 5.97 Å². The number of aromatic amines is 1. The second kappa shape index (κ2) is 8.03. The summed E-state index contributed by atoms with van der Waals surface area (Å²) in [6.45, 7) is 0. The summed E-state index contributed by atoms with van der Waals surface area (Å²) in [7, 11) is 1.54. The van der Waals surface area contributed by atoms with E-state index in [1.54, 1.807) is 49.8 Å². The van der Waals surface area contributed by atoms with Crippen LogP contribution >= 0.6 is 23.4 Å². The first-order valence-electron chi connectivity index (χ1n) is 7.36. The average molecular weight is 389 g/mol. The molecule has 0 aliphatic heterocycles. The number of carboxylic acid groups (broad SMARTS) is 1. The molecule has 0 fully saturated rings. The van der Waals surface area contributed by atoms with Crippen LogP contribution in [0.2, 0.25) is 5.02 Å². The number of thioether (sulfide) groups is 1. The predicted octanol–water partition coefficient (Wildman–Crippen LogP) is 3.75. The summed E-state index contributed by atoms with van der Waals surface area (Å²) in [6, 6.07) is 8.54. The fourth-order valence-electron chi connectivity index (χ4n) is 2.12. The Labute approximate surface area is 158 Å². The molecule has 132 valence electrons. The highest BCUT2D eigenvalue weighted by atomic mass is 35.5. The minimum absolute atomic E-state index is 0.0832. The molecule has 3 rings (SSSR count). The van der Waals surface area contributed by atoms with Crippen molar-refractivity contribution in [1.29, 1.82) is 0 Å². The highest BCUT2D eigenvalue weighted by Crippen LogP contribution is 2.32. The molecule has 26 heavy (non-hydrogen) atoms. The maximum Gasteiger partial charge on any atom is 0.342 e. The summed E-state index contributed by atoms with van der Waals surface area (Å²) in [6.07, 6.45) is 4.71. The number of ether oxygens (including phenoxy) is 1. The van der Waals surface area contributed by atoms with Gasteiger partial charge in [0.25, 0.3) is 0 Å². The van der Waals surface area contributed by atoms with Crippen molar-refractivity contribution in [2.45, 2.75) is 5.16 Å². The van der Waals surface area contributed by atoms with Crippen molar-refractivity contribution in [2.24, 2.45) is 0 Å². The van der Waals surface area contributed by atoms with E-state index in [0.29, 0.717) is 22.2 Å². The molecule has 0 bridgehead atoms. The number of methoxy groups -OCH3 is 1. The molecule has 2 N–H and O–H groups in total. The van der Waals surface area contributed by atoms with Crippen LogP contribution in [0.5, 0.6) is 5.75 Å². The molecule has 2 heterocycles. The van der Waals surface area contributed by atoms with E-state index in [1.807, 2.05) is 0 Å². The number of benzene rings is 1. The number of nitrogens with zero attached hydrogens (tertiary/aromatic N) is 3. The van der Waals surface area contributed by atoms with E-state index < -0.39 is 5.97 Å². The van der Waals surface area contributed by atoms with Gasteiger partial charge in [-0.2, -0.15) is 0 Å². The number of pyridine rings is 1. The predicted molar refractivity (Wildman–Crippen MR) is 99.1 cm³/mol. The molecular formula is C17H13ClN4O3S. The number of halogens is 1. The number of H-pyrrole nitrogens is 1. The molecule has 0 aliphatic rings. The first kappa shape index (κ1) is 18.0. The van der Waals surface area contributed by atoms with Gasteiger partial charge in [0.2, 0.25) is 5.16 Å². The minimum Gasteiger partial charge on any atom is -0.496 e. The molecule has 0 radical (unpaired) electrons. The average Bonchev–Trinajstić information content (AvgIpc) is 3.10. The lowest BCUT2D eigenvalue weighted by atomic mass is 10.2. The Hall–Kier alpha value is -2.84. The van der Waals surface area contributed by atoms with E-state index in [4.69, 9.17) is 16.3 Å². The summed E-state index contributed by atoms with van der Waals surface area (Å²) in [4.78, 5) is 19.8. The van der Waals surface area contributed by atoms with Crippen LogP contribution in [0.25, 0.3) is 17.5 Å². The van der Waals surface area contributed by atoms with Gasteiger partial charge in [-0.1, -0.05) is 11.6 Å². The van der Waals surface area contributed by atoms with Gasteiger partial charge in [0.05, 0.1) is 12.7 Å². The topological polar surface area (TPSA) is 101 Å². The van der Waals surface area contributed by atoms with Crippen LogP contribution in [-0.4, -0.2) is 38.4 Å². The number of carboxylic acids is 1. The van der Waals surface area contributed by atoms with Gasteiger partial charge in [-0.3, -0.25) is 10.1 Å². The van der Waals surface area contributed by atoms with Crippen molar-refractivity contribution in [2.75, 3.05) is 7.11 Å². The van der Waals surface area contributed by atoms with Crippen molar-refractivity contribution in [3.8, 4) is 17.1 Å². The molecule has 7 nitrogen and oxygen atoms in total. The third kappa shape index (κ3) is 4.22. The standard InChI is InChI=1S/C17H13ClN4O3S/c1-25-13-3-2-11(18)9-12(13)15-20-17(22-21-15)26-14(16(23)24)8-10-4-6-19-7-5-10/h2-9H,1H3,(H,23,24)(H,20,21,22)/b14-8-. The van der Waals surface area contributed by atoms with Gasteiger partial charge in [0.15, 0.2) is 5.82 Å². The SMILES string of the molecule is COc1ccc(Cl)cc1-c1nc(S/C(=C\c2ccncc2)C(=O)O)n[nH]1. The Morgan fingerprint density at radius 2 is 2.08 bits per heavy atom. The van der Waals surface area contributed by atoms with Gasteiger partial charge in [-0.15, -0.1) is 5.10 Å². The lowest BCUT2D eigenvalue weighted by Gasteiger charge is -2.05. The fourth-order valence-corrected chi connectivity index (χ4v) is 3.00. The normalized spacial score (nSPS) is 11.4. The highest BCUT2D eigenvalue weighted by molar-refractivity contribution is 8.04. The summed E-state index contributed by atoms with van der Waals surface area (Å²) in [5.41, 5.74) is 1.35. The van der Waals surface area contributed by atoms with E-state index >= 15 is 0 Å². The zero-order chi connectivity index (χ0) is 18.5. The molecule has 0 aliphatic carbocycles. The Kier molecular flexibility index (Phi) is 5.55. The largest absolute Gasteiger partial charge is 0.496 e. The lowest BCUT2D eigenvalue weighted by molar-refractivity contribution is -0.131. The van der Waals surface area contributed by atoms with Crippen molar-refractivity contribution < 1.29 is 14.6 Å². The summed E-state index contributed by atoms with van der Waals surface area (Å²) in [5.74, 6) is -0.0631. The molecule has 3 aromatic rings. The van der Waals surface area contributed by atoms with E-state index in [0.717, 1.165) is 17.3 Å². The van der Waals surface area contributed by atoms with Gasteiger partial charge in [0, 0.05) is 17.4 Å². The number of hydrogen-bond acceptors (Lipinski definition) is 6. The van der Waals surface area contributed by atoms with Gasteiger partial charge in [0.1, 0.15) is 10.7 Å². The van der Waals surface area contributed by atoms with E-state index in [2.05, 4.69) is 20.2 Å². The molecule has 0 saturated heterocycles. The number of aromatic nitrogens is 4. The quantitative estimate of drug-likeness (QED) is 0.489. The second-order valence-corrected chi connectivity index (χ2v) is 6.45. The van der Waals surface area contributed by atoms with Gasteiger partial charge in [-0.05, 0) is 53.7 Å². The van der Waals surface area contributed by atoms with Crippen LogP contribution < -0.4 is 4.74 Å². The van der Waals surface area contributed by atoms with E-state index in [1.165, 1.54) is 6.08 Å². The van der Waals surface area contributed by atoms with Crippen molar-refractivity contribution in [3.63, 3.8) is 0 Å². The molecule has 0 saturated carbocycles. The van der Waals surface area contributed by atoms with Crippen LogP contribution in [0.1, 0.15) is 5.56 Å². The highest BCUT2D eigenvalue weighted by Gasteiger charge is 2.16. The Bertz CT molecular complexity index is 960. The summed E-state index contributed by atoms with van der Waals surface area (Å²) < 4.78 is 5.30. The second-order valence-electron chi connectivity index (χ2n) is 5.01. The van der Waals surface area contributed by atoms with E-state index in [-0.39, 0.29) is 10.1 Å². The number of aliphatic carboxylic acids is 1. The van der Waals surface area contributed by atoms with Crippen LogP contribution in [0.15, 0.2) is 52.8 Å². The number of rotatable bonds is 6. The van der Waals surface area contributed by atoms with Crippen molar-refractivity contribution in [3.05, 3.63) is 58.2 Å². The van der Waals surface area contributed by atoms with Crippen LogP contribution in [0.3, 0.4) is 0 Å². The summed E-state index contributed by atoms with van der Waals surface area (Å²) >= 11 is 6.97. The zero-order valence-electron chi connectivity index (χ0n) is 13.5. The fraction of sp³-hybridized carbons (Fsp3) is 0.0588. The van der Waals surface area contributed by atoms with Gasteiger partial charge in [-0.25, -0.2) is 9.78 Å². The molecule has 0 atom stereocenters. The Balaban J connectivity index is 1.89. The van der Waals surface area contributed by atoms with Crippen LogP contribution in [0.4, 0.5) is 0 Å². The third-order valence-electron chi connectivity index (χ3n) is 3.30. The molecule has 1 aromatic carbocycles. The van der Waals surface area contributed by atoms with Crippen molar-refractivity contribution >= 4 is 35.4 Å². The maximum absolute atomic E-state index is 11.5. The first-order valence-corrected chi connectivity index (χ1v) is 8.55. The number of hydrogen-bond donors (Lipinski definition) is 2. The monoisotopic (exact) mass is 388 g/mol. The molecular weight excluding hydrogens is 376 g/mol. The first-order chi connectivity index (χ1) is 12.6. The maximum atomic E-state index is 11.5. The molecule has 9 heteroatoms. The third-order valence-corrected chi connectivity index (χ3v) is 4.41. The number of carbonyl (C=O) groups is 1. The smallest absolute Gasteiger partial charge is 0.342 e. The summed E-state index contributed by atoms with van der Waals surface area (Å²) in [5, 5.41) is 17.1. The van der Waals surface area contributed by atoms with Crippen LogP contribution in [-0.2, 0) is 4.79 Å². The molecule has 0 amide bonds. The lowest BCUT2D eigenvalue weighted by Crippen LogP contribution is -1.97. The molecule has 2 aromatic heterocycles. The minimum atomic E-state index is -1.07. The van der Waals surface area contributed by atoms with Crippen molar-refractivity contribution in [1.82, 2.24) is 20.2 Å². The molecule has 0 spiro atoms. The molecule has 0 unspecified atom stereocenters. The zero-order valence-corrected chi connectivity index (χ0v) is 15.1. The van der Waals surface area contributed by atoms with E-state index in [9.17, 15) is 9.90 Å².